The third kappa shape index (κ3) is 4.02. The molecule has 4 nitrogen and oxygen atoms in total. The summed E-state index contributed by atoms with van der Waals surface area (Å²) in [5.41, 5.74) is 1.55. The average Bonchev–Trinajstić information content (AvgIpc) is 2.19. The van der Waals surface area contributed by atoms with Crippen LogP contribution >= 0.6 is 0 Å². The van der Waals surface area contributed by atoms with E-state index in [2.05, 4.69) is 5.32 Å². The lowest BCUT2D eigenvalue weighted by molar-refractivity contribution is 0.190. The molecule has 0 saturated heterocycles. The predicted octanol–water partition coefficient (Wildman–Crippen LogP) is 1.85. The van der Waals surface area contributed by atoms with Crippen LogP contribution in [0.4, 0.5) is 5.69 Å². The first-order chi connectivity index (χ1) is 7.84. The van der Waals surface area contributed by atoms with Crippen molar-refractivity contribution in [2.45, 2.75) is 24.8 Å². The standard InChI is InChI=1S/C12H19NO3S/c1-9-5-6-11(13-10(2)8-16-3)7-12(9)17(4,14)15/h5-7,10,13H,8H2,1-4H3/t10-/m1/s1. The number of ether oxygens (including phenoxy) is 1. The van der Waals surface area contributed by atoms with Crippen LogP contribution in [0.25, 0.3) is 0 Å². The molecule has 0 aromatic heterocycles. The van der Waals surface area contributed by atoms with Gasteiger partial charge in [-0.25, -0.2) is 8.42 Å². The number of anilines is 1. The van der Waals surface area contributed by atoms with Crippen LogP contribution in [0.5, 0.6) is 0 Å². The number of rotatable bonds is 5. The van der Waals surface area contributed by atoms with E-state index in [-0.39, 0.29) is 6.04 Å². The highest BCUT2D eigenvalue weighted by Gasteiger charge is 2.12. The van der Waals surface area contributed by atoms with Gasteiger partial charge in [0.1, 0.15) is 0 Å². The summed E-state index contributed by atoms with van der Waals surface area (Å²) >= 11 is 0. The molecule has 0 saturated carbocycles. The molecule has 0 aliphatic rings. The van der Waals surface area contributed by atoms with E-state index in [0.717, 1.165) is 11.3 Å². The van der Waals surface area contributed by atoms with Crippen molar-refractivity contribution >= 4 is 15.5 Å². The molecule has 1 aromatic carbocycles. The van der Waals surface area contributed by atoms with Crippen molar-refractivity contribution in [3.63, 3.8) is 0 Å². The third-order valence-electron chi connectivity index (χ3n) is 2.42. The van der Waals surface area contributed by atoms with E-state index in [1.807, 2.05) is 13.0 Å². The summed E-state index contributed by atoms with van der Waals surface area (Å²) < 4.78 is 28.1. The van der Waals surface area contributed by atoms with Gasteiger partial charge in [-0.2, -0.15) is 0 Å². The molecule has 0 aliphatic carbocycles. The molecule has 0 heterocycles. The Labute approximate surface area is 103 Å². The number of hydrogen-bond donors (Lipinski definition) is 1. The van der Waals surface area contributed by atoms with Gasteiger partial charge < -0.3 is 10.1 Å². The van der Waals surface area contributed by atoms with Crippen LogP contribution in [-0.4, -0.2) is 34.4 Å². The van der Waals surface area contributed by atoms with Crippen LogP contribution in [0, 0.1) is 6.92 Å². The summed E-state index contributed by atoms with van der Waals surface area (Å²) in [5.74, 6) is 0. The topological polar surface area (TPSA) is 55.4 Å². The highest BCUT2D eigenvalue weighted by molar-refractivity contribution is 7.90. The van der Waals surface area contributed by atoms with Crippen molar-refractivity contribution in [2.75, 3.05) is 25.3 Å². The summed E-state index contributed by atoms with van der Waals surface area (Å²) in [6.07, 6.45) is 1.22. The zero-order valence-electron chi connectivity index (χ0n) is 10.6. The lowest BCUT2D eigenvalue weighted by Crippen LogP contribution is -2.20. The van der Waals surface area contributed by atoms with Gasteiger partial charge in [0.25, 0.3) is 0 Å². The molecule has 0 spiro atoms. The molecule has 1 N–H and O–H groups in total. The normalized spacial score (nSPS) is 13.4. The largest absolute Gasteiger partial charge is 0.383 e. The van der Waals surface area contributed by atoms with Crippen molar-refractivity contribution in [2.24, 2.45) is 0 Å². The van der Waals surface area contributed by atoms with Gasteiger partial charge in [0.2, 0.25) is 0 Å². The molecule has 96 valence electrons. The highest BCUT2D eigenvalue weighted by Crippen LogP contribution is 2.20. The SMILES string of the molecule is COC[C@@H](C)Nc1ccc(C)c(S(C)(=O)=O)c1. The molecule has 5 heteroatoms. The Morgan fingerprint density at radius 1 is 1.41 bits per heavy atom. The summed E-state index contributed by atoms with van der Waals surface area (Å²) in [6.45, 7) is 4.34. The third-order valence-corrected chi connectivity index (χ3v) is 3.66. The Balaban J connectivity index is 2.97. The van der Waals surface area contributed by atoms with E-state index in [9.17, 15) is 8.42 Å². The molecule has 0 unspecified atom stereocenters. The summed E-state index contributed by atoms with van der Waals surface area (Å²) in [6, 6.07) is 5.47. The van der Waals surface area contributed by atoms with Gasteiger partial charge in [-0.3, -0.25) is 0 Å². The molecule has 0 radical (unpaired) electrons. The van der Waals surface area contributed by atoms with E-state index in [1.54, 1.807) is 26.2 Å². The Morgan fingerprint density at radius 3 is 2.59 bits per heavy atom. The number of hydrogen-bond acceptors (Lipinski definition) is 4. The quantitative estimate of drug-likeness (QED) is 0.874. The molecular weight excluding hydrogens is 238 g/mol. The first-order valence-corrected chi connectivity index (χ1v) is 7.30. The van der Waals surface area contributed by atoms with E-state index >= 15 is 0 Å². The fourth-order valence-corrected chi connectivity index (χ4v) is 2.66. The Kier molecular flexibility index (Phi) is 4.54. The van der Waals surface area contributed by atoms with Gasteiger partial charge in [0, 0.05) is 25.1 Å². The fraction of sp³-hybridized carbons (Fsp3) is 0.500. The van der Waals surface area contributed by atoms with E-state index in [0.29, 0.717) is 11.5 Å². The number of benzene rings is 1. The molecule has 0 fully saturated rings. The van der Waals surface area contributed by atoms with Gasteiger partial charge >= 0.3 is 0 Å². The monoisotopic (exact) mass is 257 g/mol. The lowest BCUT2D eigenvalue weighted by Gasteiger charge is -2.15. The fourth-order valence-electron chi connectivity index (χ4n) is 1.67. The van der Waals surface area contributed by atoms with Crippen molar-refractivity contribution in [1.82, 2.24) is 0 Å². The smallest absolute Gasteiger partial charge is 0.175 e. The number of sulfone groups is 1. The maximum absolute atomic E-state index is 11.6. The minimum absolute atomic E-state index is 0.134. The van der Waals surface area contributed by atoms with Gasteiger partial charge in [-0.1, -0.05) is 6.07 Å². The van der Waals surface area contributed by atoms with Crippen molar-refractivity contribution in [1.29, 1.82) is 0 Å². The first kappa shape index (κ1) is 14.0. The van der Waals surface area contributed by atoms with E-state index < -0.39 is 9.84 Å². The summed E-state index contributed by atoms with van der Waals surface area (Å²) in [4.78, 5) is 0.368. The van der Waals surface area contributed by atoms with Crippen LogP contribution < -0.4 is 5.32 Å². The van der Waals surface area contributed by atoms with Gasteiger partial charge in [-0.15, -0.1) is 0 Å². The predicted molar refractivity (Wildman–Crippen MR) is 69.2 cm³/mol. The molecule has 1 atom stereocenters. The van der Waals surface area contributed by atoms with Crippen LogP contribution in [-0.2, 0) is 14.6 Å². The Hall–Kier alpha value is -1.07. The number of nitrogens with one attached hydrogen (secondary N) is 1. The Bertz CT molecular complexity index is 483. The number of methoxy groups -OCH3 is 1. The summed E-state index contributed by atoms with van der Waals surface area (Å²) in [5, 5.41) is 3.19. The van der Waals surface area contributed by atoms with Crippen molar-refractivity contribution in [3.8, 4) is 0 Å². The summed E-state index contributed by atoms with van der Waals surface area (Å²) in [7, 11) is -1.54. The van der Waals surface area contributed by atoms with Crippen LogP contribution in [0.1, 0.15) is 12.5 Å². The molecule has 1 rings (SSSR count). The van der Waals surface area contributed by atoms with Gasteiger partial charge in [0.05, 0.1) is 11.5 Å². The molecule has 17 heavy (non-hydrogen) atoms. The van der Waals surface area contributed by atoms with Crippen LogP contribution in [0.2, 0.25) is 0 Å². The first-order valence-electron chi connectivity index (χ1n) is 5.40. The minimum Gasteiger partial charge on any atom is -0.383 e. The maximum Gasteiger partial charge on any atom is 0.175 e. The highest BCUT2D eigenvalue weighted by atomic mass is 32.2. The second-order valence-electron chi connectivity index (χ2n) is 4.25. The second kappa shape index (κ2) is 5.51. The van der Waals surface area contributed by atoms with Gasteiger partial charge in [0.15, 0.2) is 9.84 Å². The van der Waals surface area contributed by atoms with E-state index in [4.69, 9.17) is 4.74 Å². The Morgan fingerprint density at radius 2 is 2.06 bits per heavy atom. The van der Waals surface area contributed by atoms with E-state index in [1.165, 1.54) is 6.26 Å². The molecule has 0 aliphatic heterocycles. The number of aryl methyl sites for hydroxylation is 1. The molecular formula is C12H19NO3S. The molecule has 0 amide bonds. The zero-order valence-corrected chi connectivity index (χ0v) is 11.5. The van der Waals surface area contributed by atoms with Crippen molar-refractivity contribution in [3.05, 3.63) is 23.8 Å². The van der Waals surface area contributed by atoms with Crippen molar-refractivity contribution < 1.29 is 13.2 Å². The maximum atomic E-state index is 11.6. The molecule has 0 bridgehead atoms. The van der Waals surface area contributed by atoms with Crippen LogP contribution in [0.15, 0.2) is 23.1 Å². The average molecular weight is 257 g/mol. The van der Waals surface area contributed by atoms with Gasteiger partial charge in [-0.05, 0) is 31.5 Å². The van der Waals surface area contributed by atoms with Crippen LogP contribution in [0.3, 0.4) is 0 Å². The lowest BCUT2D eigenvalue weighted by atomic mass is 10.2. The zero-order chi connectivity index (χ0) is 13.1. The second-order valence-corrected chi connectivity index (χ2v) is 6.24. The molecule has 1 aromatic rings. The minimum atomic E-state index is -3.18.